The SMILES string of the molecule is CNc1ccc(C)c(SN2CCOCC2)c1.COCCc1nn(C(C)C)cc1C=O. The number of hydrogen-bond donors (Lipinski definition) is 1. The molecule has 166 valence electrons. The Morgan fingerprint density at radius 2 is 2.07 bits per heavy atom. The lowest BCUT2D eigenvalue weighted by molar-refractivity contribution is 0.0773. The number of aromatic nitrogens is 2. The molecule has 2 heterocycles. The zero-order chi connectivity index (χ0) is 21.9. The van der Waals surface area contributed by atoms with Crippen LogP contribution >= 0.6 is 11.9 Å². The van der Waals surface area contributed by atoms with Crippen LogP contribution < -0.4 is 5.32 Å². The van der Waals surface area contributed by atoms with Gasteiger partial charge in [-0.1, -0.05) is 6.07 Å². The van der Waals surface area contributed by atoms with Crippen LogP contribution in [0.1, 0.15) is 41.5 Å². The highest BCUT2D eigenvalue weighted by molar-refractivity contribution is 7.97. The molecule has 1 aliphatic rings. The fraction of sp³-hybridized carbons (Fsp3) is 0.545. The van der Waals surface area contributed by atoms with Crippen LogP contribution in [0.4, 0.5) is 5.69 Å². The van der Waals surface area contributed by atoms with Crippen LogP contribution in [-0.2, 0) is 15.9 Å². The van der Waals surface area contributed by atoms with E-state index in [0.29, 0.717) is 18.6 Å². The van der Waals surface area contributed by atoms with Crippen LogP contribution in [0.2, 0.25) is 0 Å². The lowest BCUT2D eigenvalue weighted by Crippen LogP contribution is -2.30. The zero-order valence-corrected chi connectivity index (χ0v) is 19.5. The first-order chi connectivity index (χ1) is 14.5. The zero-order valence-electron chi connectivity index (χ0n) is 18.7. The molecule has 3 rings (SSSR count). The van der Waals surface area contributed by atoms with Crippen molar-refractivity contribution in [2.75, 3.05) is 52.4 Å². The standard InChI is InChI=1S/C12H18N2OS.C10H16N2O2/c1-10-3-4-11(13-2)9-12(10)16-14-5-7-15-8-6-14;1-8(2)12-6-9(7-13)10(11-12)4-5-14-3/h3-4,9,13H,5-8H2,1-2H3;6-8H,4-5H2,1-3H3. The molecule has 1 N–H and O–H groups in total. The molecule has 2 aromatic rings. The Morgan fingerprint density at radius 3 is 2.67 bits per heavy atom. The highest BCUT2D eigenvalue weighted by Gasteiger charge is 2.13. The molecule has 1 aromatic carbocycles. The fourth-order valence-electron chi connectivity index (χ4n) is 2.83. The van der Waals surface area contributed by atoms with Gasteiger partial charge in [-0.3, -0.25) is 9.48 Å². The Balaban J connectivity index is 0.000000216. The number of nitrogens with zero attached hydrogens (tertiary/aromatic N) is 3. The molecule has 0 radical (unpaired) electrons. The van der Waals surface area contributed by atoms with Crippen molar-refractivity contribution in [3.05, 3.63) is 41.2 Å². The number of rotatable bonds is 8. The van der Waals surface area contributed by atoms with Gasteiger partial charge in [0.05, 0.1) is 31.1 Å². The van der Waals surface area contributed by atoms with E-state index in [4.69, 9.17) is 9.47 Å². The van der Waals surface area contributed by atoms with Crippen LogP contribution in [0.25, 0.3) is 0 Å². The Kier molecular flexibility index (Phi) is 10.4. The second-order valence-corrected chi connectivity index (χ2v) is 8.47. The van der Waals surface area contributed by atoms with Gasteiger partial charge in [-0.15, -0.1) is 0 Å². The first-order valence-corrected chi connectivity index (χ1v) is 11.1. The number of aldehydes is 1. The number of carbonyl (C=O) groups is 1. The van der Waals surface area contributed by atoms with Gasteiger partial charge < -0.3 is 14.8 Å². The molecule has 0 atom stereocenters. The van der Waals surface area contributed by atoms with Crippen molar-refractivity contribution in [2.24, 2.45) is 0 Å². The van der Waals surface area contributed by atoms with Crippen molar-refractivity contribution in [1.82, 2.24) is 14.1 Å². The molecule has 8 heteroatoms. The number of morpholine rings is 1. The first-order valence-electron chi connectivity index (χ1n) is 10.3. The van der Waals surface area contributed by atoms with E-state index in [-0.39, 0.29) is 6.04 Å². The van der Waals surface area contributed by atoms with E-state index in [1.807, 2.05) is 32.8 Å². The molecule has 0 spiro atoms. The van der Waals surface area contributed by atoms with Crippen LogP contribution in [0.3, 0.4) is 0 Å². The highest BCUT2D eigenvalue weighted by atomic mass is 32.2. The second-order valence-electron chi connectivity index (χ2n) is 7.33. The second kappa shape index (κ2) is 12.7. The van der Waals surface area contributed by atoms with Gasteiger partial charge in [-0.05, 0) is 50.4 Å². The van der Waals surface area contributed by atoms with Crippen molar-refractivity contribution in [3.8, 4) is 0 Å². The van der Waals surface area contributed by atoms with Gasteiger partial charge in [0.15, 0.2) is 6.29 Å². The third-order valence-electron chi connectivity index (χ3n) is 4.71. The van der Waals surface area contributed by atoms with Crippen molar-refractivity contribution in [1.29, 1.82) is 0 Å². The average Bonchev–Trinajstić information content (AvgIpc) is 3.18. The molecule has 0 unspecified atom stereocenters. The number of aryl methyl sites for hydroxylation is 1. The van der Waals surface area contributed by atoms with E-state index < -0.39 is 0 Å². The number of ether oxygens (including phenoxy) is 2. The summed E-state index contributed by atoms with van der Waals surface area (Å²) in [7, 11) is 3.59. The summed E-state index contributed by atoms with van der Waals surface area (Å²) in [5.41, 5.74) is 3.98. The van der Waals surface area contributed by atoms with Gasteiger partial charge in [0.25, 0.3) is 0 Å². The molecular formula is C22H34N4O3S. The van der Waals surface area contributed by atoms with E-state index in [2.05, 4.69) is 39.8 Å². The minimum atomic E-state index is 0.282. The number of hydrogen-bond acceptors (Lipinski definition) is 7. The van der Waals surface area contributed by atoms with E-state index in [1.54, 1.807) is 18.0 Å². The lowest BCUT2D eigenvalue weighted by atomic mass is 10.2. The predicted molar refractivity (Wildman–Crippen MR) is 123 cm³/mol. The largest absolute Gasteiger partial charge is 0.388 e. The summed E-state index contributed by atoms with van der Waals surface area (Å²) in [6.07, 6.45) is 3.31. The maximum Gasteiger partial charge on any atom is 0.153 e. The smallest absolute Gasteiger partial charge is 0.153 e. The number of nitrogens with one attached hydrogen (secondary N) is 1. The van der Waals surface area contributed by atoms with Crippen molar-refractivity contribution >= 4 is 23.9 Å². The van der Waals surface area contributed by atoms with E-state index in [0.717, 1.165) is 38.3 Å². The van der Waals surface area contributed by atoms with Gasteiger partial charge in [0, 0.05) is 56.5 Å². The molecule has 0 amide bonds. The summed E-state index contributed by atoms with van der Waals surface area (Å²) in [5.74, 6) is 0. The molecule has 30 heavy (non-hydrogen) atoms. The quantitative estimate of drug-likeness (QED) is 0.500. The van der Waals surface area contributed by atoms with Gasteiger partial charge in [-0.25, -0.2) is 4.31 Å². The summed E-state index contributed by atoms with van der Waals surface area (Å²) in [6, 6.07) is 6.76. The normalized spacial score (nSPS) is 14.3. The number of carbonyl (C=O) groups excluding carboxylic acids is 1. The summed E-state index contributed by atoms with van der Waals surface area (Å²) in [4.78, 5) is 12.1. The van der Waals surface area contributed by atoms with Gasteiger partial charge in [-0.2, -0.15) is 5.10 Å². The van der Waals surface area contributed by atoms with Gasteiger partial charge >= 0.3 is 0 Å². The minimum absolute atomic E-state index is 0.282. The van der Waals surface area contributed by atoms with E-state index in [1.165, 1.54) is 16.1 Å². The van der Waals surface area contributed by atoms with E-state index in [9.17, 15) is 4.79 Å². The number of anilines is 1. The predicted octanol–water partition coefficient (Wildman–Crippen LogP) is 3.84. The topological polar surface area (TPSA) is 68.6 Å². The molecule has 0 saturated carbocycles. The molecule has 7 nitrogen and oxygen atoms in total. The summed E-state index contributed by atoms with van der Waals surface area (Å²) in [5, 5.41) is 7.50. The third kappa shape index (κ3) is 7.43. The number of benzene rings is 1. The molecule has 1 aliphatic heterocycles. The molecule has 1 aromatic heterocycles. The summed E-state index contributed by atoms with van der Waals surface area (Å²) in [6.45, 7) is 10.5. The lowest BCUT2D eigenvalue weighted by Gasteiger charge is -2.26. The number of methoxy groups -OCH3 is 1. The molecule has 1 fully saturated rings. The maximum atomic E-state index is 10.7. The Hall–Kier alpha value is -1.87. The van der Waals surface area contributed by atoms with Crippen LogP contribution in [0.5, 0.6) is 0 Å². The van der Waals surface area contributed by atoms with Crippen LogP contribution in [0, 0.1) is 6.92 Å². The third-order valence-corrected chi connectivity index (χ3v) is 5.97. The summed E-state index contributed by atoms with van der Waals surface area (Å²) < 4.78 is 14.5. The first kappa shape index (κ1) is 24.4. The van der Waals surface area contributed by atoms with Crippen molar-refractivity contribution < 1.29 is 14.3 Å². The van der Waals surface area contributed by atoms with Crippen LogP contribution in [0.15, 0.2) is 29.3 Å². The average molecular weight is 435 g/mol. The highest BCUT2D eigenvalue weighted by Crippen LogP contribution is 2.29. The minimum Gasteiger partial charge on any atom is -0.388 e. The Labute approximate surface area is 184 Å². The van der Waals surface area contributed by atoms with Crippen LogP contribution in [-0.4, -0.2) is 67.4 Å². The summed E-state index contributed by atoms with van der Waals surface area (Å²) >= 11 is 1.83. The Bertz CT molecular complexity index is 789. The van der Waals surface area contributed by atoms with E-state index >= 15 is 0 Å². The molecule has 0 bridgehead atoms. The Morgan fingerprint density at radius 1 is 1.33 bits per heavy atom. The van der Waals surface area contributed by atoms with Gasteiger partial charge in [0.1, 0.15) is 0 Å². The van der Waals surface area contributed by atoms with Crippen molar-refractivity contribution in [2.45, 2.75) is 38.1 Å². The van der Waals surface area contributed by atoms with Gasteiger partial charge in [0.2, 0.25) is 0 Å². The molecular weight excluding hydrogens is 400 g/mol. The monoisotopic (exact) mass is 434 g/mol. The molecule has 1 saturated heterocycles. The molecule has 0 aliphatic carbocycles. The van der Waals surface area contributed by atoms with Crippen molar-refractivity contribution in [3.63, 3.8) is 0 Å². The fourth-order valence-corrected chi connectivity index (χ4v) is 3.83. The maximum absolute atomic E-state index is 10.7.